The predicted molar refractivity (Wildman–Crippen MR) is 118 cm³/mol. The van der Waals surface area contributed by atoms with Gasteiger partial charge in [-0.3, -0.25) is 0 Å². The number of hydrogen-bond acceptors (Lipinski definition) is 2. The van der Waals surface area contributed by atoms with Crippen LogP contribution in [0, 0.1) is 0 Å². The van der Waals surface area contributed by atoms with E-state index in [2.05, 4.69) is 24.3 Å². The fourth-order valence-electron chi connectivity index (χ4n) is 2.54. The Bertz CT molecular complexity index is 927. The highest BCUT2D eigenvalue weighted by Crippen LogP contribution is 2.37. The van der Waals surface area contributed by atoms with E-state index in [4.69, 9.17) is 55.9 Å². The van der Waals surface area contributed by atoms with Crippen LogP contribution >= 0.6 is 46.4 Å². The fraction of sp³-hybridized carbons (Fsp3) is 0.0909. The third-order valence-electron chi connectivity index (χ3n) is 3.90. The quantitative estimate of drug-likeness (QED) is 0.361. The Labute approximate surface area is 184 Å². The average Bonchev–Trinajstić information content (AvgIpc) is 2.68. The number of rotatable bonds is 7. The van der Waals surface area contributed by atoms with Gasteiger partial charge in [0.15, 0.2) is 5.75 Å². The molecule has 28 heavy (non-hydrogen) atoms. The van der Waals surface area contributed by atoms with Gasteiger partial charge in [0.05, 0.1) is 10.0 Å². The first-order chi connectivity index (χ1) is 13.5. The molecule has 3 aromatic rings. The van der Waals surface area contributed by atoms with E-state index in [0.717, 1.165) is 11.1 Å². The first-order valence-corrected chi connectivity index (χ1v) is 9.94. The molecule has 0 amide bonds. The molecular formula is C22H16Cl4O2. The van der Waals surface area contributed by atoms with Crippen molar-refractivity contribution in [3.05, 3.63) is 92.9 Å². The lowest BCUT2D eigenvalue weighted by Crippen LogP contribution is -1.98. The summed E-state index contributed by atoms with van der Waals surface area (Å²) >= 11 is 23.7. The molecule has 0 heterocycles. The molecule has 2 nitrogen and oxygen atoms in total. The normalized spacial score (nSPS) is 10.4. The van der Waals surface area contributed by atoms with Gasteiger partial charge in [-0.1, -0.05) is 101 Å². The van der Waals surface area contributed by atoms with Crippen molar-refractivity contribution in [2.24, 2.45) is 0 Å². The van der Waals surface area contributed by atoms with Gasteiger partial charge in [0.1, 0.15) is 23.5 Å². The molecule has 0 aliphatic heterocycles. The van der Waals surface area contributed by atoms with Crippen LogP contribution in [-0.2, 0) is 6.61 Å². The largest absolute Gasteiger partial charge is 0.489 e. The zero-order valence-corrected chi connectivity index (χ0v) is 17.7. The van der Waals surface area contributed by atoms with Crippen molar-refractivity contribution < 1.29 is 9.47 Å². The molecule has 6 heteroatoms. The molecule has 0 bridgehead atoms. The molecule has 0 aliphatic rings. The second-order valence-corrected chi connectivity index (χ2v) is 7.69. The Morgan fingerprint density at radius 1 is 0.786 bits per heavy atom. The smallest absolute Gasteiger partial charge is 0.157 e. The van der Waals surface area contributed by atoms with Crippen molar-refractivity contribution in [2.45, 2.75) is 6.61 Å². The summed E-state index contributed by atoms with van der Waals surface area (Å²) in [7, 11) is 0. The van der Waals surface area contributed by atoms with Crippen LogP contribution in [-0.4, -0.2) is 6.61 Å². The molecule has 144 valence electrons. The van der Waals surface area contributed by atoms with Crippen LogP contribution in [0.25, 0.3) is 11.1 Å². The number of ether oxygens (including phenoxy) is 2. The molecule has 0 saturated carbocycles. The van der Waals surface area contributed by atoms with Crippen LogP contribution in [0.15, 0.2) is 77.3 Å². The van der Waals surface area contributed by atoms with E-state index in [0.29, 0.717) is 28.2 Å². The molecule has 3 rings (SSSR count). The monoisotopic (exact) mass is 452 g/mol. The van der Waals surface area contributed by atoms with Crippen molar-refractivity contribution in [3.63, 3.8) is 0 Å². The zero-order valence-electron chi connectivity index (χ0n) is 14.7. The van der Waals surface area contributed by atoms with Gasteiger partial charge in [-0.2, -0.15) is 0 Å². The lowest BCUT2D eigenvalue weighted by atomic mass is 10.0. The first kappa shape index (κ1) is 20.9. The summed E-state index contributed by atoms with van der Waals surface area (Å²) in [4.78, 5) is 0. The maximum atomic E-state index is 6.29. The molecule has 0 N–H and O–H groups in total. The van der Waals surface area contributed by atoms with Crippen molar-refractivity contribution in [1.29, 1.82) is 0 Å². The Morgan fingerprint density at radius 3 is 2.00 bits per heavy atom. The van der Waals surface area contributed by atoms with Gasteiger partial charge in [0, 0.05) is 12.1 Å². The van der Waals surface area contributed by atoms with Crippen molar-refractivity contribution >= 4 is 46.4 Å². The SMILES string of the molecule is ClC(Cl)=CCOc1cc(Cl)c(OCc2ccc(-c3ccccc3)cc2)c(Cl)c1. The van der Waals surface area contributed by atoms with Crippen LogP contribution in [0.3, 0.4) is 0 Å². The Morgan fingerprint density at radius 2 is 1.39 bits per heavy atom. The molecule has 0 atom stereocenters. The minimum atomic E-state index is 0.135. The van der Waals surface area contributed by atoms with E-state index in [9.17, 15) is 0 Å². The minimum absolute atomic E-state index is 0.135. The molecule has 0 aliphatic carbocycles. The minimum Gasteiger partial charge on any atom is -0.489 e. The second kappa shape index (κ2) is 10.1. The van der Waals surface area contributed by atoms with Gasteiger partial charge >= 0.3 is 0 Å². The highest BCUT2D eigenvalue weighted by atomic mass is 35.5. The summed E-state index contributed by atoms with van der Waals surface area (Å²) in [6.45, 7) is 0.558. The molecular weight excluding hydrogens is 438 g/mol. The van der Waals surface area contributed by atoms with Crippen LogP contribution in [0.4, 0.5) is 0 Å². The van der Waals surface area contributed by atoms with E-state index in [1.165, 1.54) is 11.6 Å². The summed E-state index contributed by atoms with van der Waals surface area (Å²) in [5, 5.41) is 0.730. The molecule has 0 radical (unpaired) electrons. The highest BCUT2D eigenvalue weighted by molar-refractivity contribution is 6.55. The standard InChI is InChI=1S/C22H16Cl4O2/c23-19-12-18(27-11-10-21(25)26)13-20(24)22(19)28-14-15-6-8-17(9-7-15)16-4-2-1-3-5-16/h1-10,12-13H,11,14H2. The third kappa shape index (κ3) is 5.83. The maximum absolute atomic E-state index is 6.29. The molecule has 0 unspecified atom stereocenters. The fourth-order valence-corrected chi connectivity index (χ4v) is 3.24. The first-order valence-electron chi connectivity index (χ1n) is 8.43. The van der Waals surface area contributed by atoms with Crippen molar-refractivity contribution in [1.82, 2.24) is 0 Å². The molecule has 3 aromatic carbocycles. The Kier molecular flexibility index (Phi) is 7.52. The van der Waals surface area contributed by atoms with E-state index >= 15 is 0 Å². The van der Waals surface area contributed by atoms with Crippen LogP contribution in [0.5, 0.6) is 11.5 Å². The third-order valence-corrected chi connectivity index (χ3v) is 4.77. The summed E-state index contributed by atoms with van der Waals surface area (Å²) in [5.41, 5.74) is 3.32. The molecule has 0 spiro atoms. The lowest BCUT2D eigenvalue weighted by Gasteiger charge is -2.12. The lowest BCUT2D eigenvalue weighted by molar-refractivity contribution is 0.305. The van der Waals surface area contributed by atoms with E-state index in [1.54, 1.807) is 12.1 Å². The molecule has 0 saturated heterocycles. The zero-order chi connectivity index (χ0) is 19.9. The average molecular weight is 454 g/mol. The van der Waals surface area contributed by atoms with Gasteiger partial charge in [-0.05, 0) is 22.8 Å². The summed E-state index contributed by atoms with van der Waals surface area (Å²) in [6, 6.07) is 21.6. The summed E-state index contributed by atoms with van der Waals surface area (Å²) in [5.74, 6) is 0.911. The molecule has 0 fully saturated rings. The number of hydrogen-bond donors (Lipinski definition) is 0. The predicted octanol–water partition coefficient (Wildman–Crippen LogP) is 7.94. The van der Waals surface area contributed by atoms with Crippen molar-refractivity contribution in [2.75, 3.05) is 6.61 Å². The highest BCUT2D eigenvalue weighted by Gasteiger charge is 2.11. The van der Waals surface area contributed by atoms with Gasteiger partial charge in [0.2, 0.25) is 0 Å². The van der Waals surface area contributed by atoms with Crippen LogP contribution in [0.2, 0.25) is 10.0 Å². The van der Waals surface area contributed by atoms with Gasteiger partial charge in [-0.25, -0.2) is 0 Å². The van der Waals surface area contributed by atoms with Gasteiger partial charge in [-0.15, -0.1) is 0 Å². The van der Waals surface area contributed by atoms with Crippen LogP contribution < -0.4 is 9.47 Å². The second-order valence-electron chi connectivity index (χ2n) is 5.87. The van der Waals surface area contributed by atoms with Crippen LogP contribution in [0.1, 0.15) is 5.56 Å². The maximum Gasteiger partial charge on any atom is 0.157 e. The molecule has 0 aromatic heterocycles. The van der Waals surface area contributed by atoms with E-state index < -0.39 is 0 Å². The number of benzene rings is 3. The summed E-state index contributed by atoms with van der Waals surface area (Å²) < 4.78 is 11.4. The van der Waals surface area contributed by atoms with Crippen molar-refractivity contribution in [3.8, 4) is 22.6 Å². The Hall–Kier alpha value is -1.84. The van der Waals surface area contributed by atoms with E-state index in [-0.39, 0.29) is 11.1 Å². The topological polar surface area (TPSA) is 18.5 Å². The Balaban J connectivity index is 1.65. The summed E-state index contributed by atoms with van der Waals surface area (Å²) in [6.07, 6.45) is 1.52. The number of halogens is 4. The van der Waals surface area contributed by atoms with Gasteiger partial charge < -0.3 is 9.47 Å². The van der Waals surface area contributed by atoms with Gasteiger partial charge in [0.25, 0.3) is 0 Å². The van der Waals surface area contributed by atoms with E-state index in [1.807, 2.05) is 30.3 Å².